The molecule has 1 atom stereocenters. The molecule has 2 aliphatic heterocycles. The van der Waals surface area contributed by atoms with Gasteiger partial charge in [0.1, 0.15) is 10.8 Å². The van der Waals surface area contributed by atoms with E-state index in [0.29, 0.717) is 6.04 Å². The van der Waals surface area contributed by atoms with Crippen LogP contribution >= 0.6 is 11.8 Å². The molecule has 3 rings (SSSR count). The SMILES string of the molecule is CN[C@H]1CCN(c2ccc3c(n2)SCN3)C1. The minimum absolute atomic E-state index is 0.612. The minimum atomic E-state index is 0.612. The Hall–Kier alpha value is -0.940. The normalized spacial score (nSPS) is 23.3. The molecule has 86 valence electrons. The van der Waals surface area contributed by atoms with Gasteiger partial charge in [0.2, 0.25) is 0 Å². The van der Waals surface area contributed by atoms with Crippen molar-refractivity contribution in [2.75, 3.05) is 36.2 Å². The van der Waals surface area contributed by atoms with E-state index in [4.69, 9.17) is 4.98 Å². The van der Waals surface area contributed by atoms with Gasteiger partial charge in [-0.05, 0) is 25.6 Å². The van der Waals surface area contributed by atoms with E-state index in [1.54, 1.807) is 11.8 Å². The summed E-state index contributed by atoms with van der Waals surface area (Å²) in [5, 5.41) is 7.78. The molecule has 0 radical (unpaired) electrons. The number of hydrogen-bond acceptors (Lipinski definition) is 5. The molecule has 0 aliphatic carbocycles. The molecule has 0 amide bonds. The molecule has 2 aliphatic rings. The van der Waals surface area contributed by atoms with Crippen LogP contribution in [0.4, 0.5) is 11.5 Å². The summed E-state index contributed by atoms with van der Waals surface area (Å²) in [6.07, 6.45) is 1.21. The molecule has 2 N–H and O–H groups in total. The van der Waals surface area contributed by atoms with Crippen LogP contribution < -0.4 is 15.5 Å². The predicted molar refractivity (Wildman–Crippen MR) is 68.3 cm³/mol. The molecule has 1 fully saturated rings. The van der Waals surface area contributed by atoms with Crippen molar-refractivity contribution in [2.45, 2.75) is 17.5 Å². The Balaban J connectivity index is 1.80. The predicted octanol–water partition coefficient (Wildman–Crippen LogP) is 1.35. The van der Waals surface area contributed by atoms with Crippen LogP contribution in [0.1, 0.15) is 6.42 Å². The third-order valence-electron chi connectivity index (χ3n) is 3.24. The molecule has 0 spiro atoms. The van der Waals surface area contributed by atoms with Crippen LogP contribution in [0.3, 0.4) is 0 Å². The second-order valence-electron chi connectivity index (χ2n) is 4.21. The second-order valence-corrected chi connectivity index (χ2v) is 5.17. The number of aromatic nitrogens is 1. The summed E-state index contributed by atoms with van der Waals surface area (Å²) in [4.78, 5) is 7.06. The zero-order valence-electron chi connectivity index (χ0n) is 9.36. The zero-order valence-corrected chi connectivity index (χ0v) is 10.2. The molecule has 3 heterocycles. The van der Waals surface area contributed by atoms with Gasteiger partial charge in [0.25, 0.3) is 0 Å². The molecule has 0 saturated carbocycles. The van der Waals surface area contributed by atoms with Crippen LogP contribution in [0, 0.1) is 0 Å². The van der Waals surface area contributed by atoms with Crippen molar-refractivity contribution < 1.29 is 0 Å². The molecule has 0 bridgehead atoms. The fourth-order valence-electron chi connectivity index (χ4n) is 2.24. The fourth-order valence-corrected chi connectivity index (χ4v) is 3.06. The van der Waals surface area contributed by atoms with E-state index in [9.17, 15) is 0 Å². The van der Waals surface area contributed by atoms with E-state index in [1.807, 2.05) is 7.05 Å². The number of thioether (sulfide) groups is 1. The van der Waals surface area contributed by atoms with Gasteiger partial charge in [-0.25, -0.2) is 4.98 Å². The Bertz CT molecular complexity index is 396. The van der Waals surface area contributed by atoms with Gasteiger partial charge in [0.05, 0.1) is 11.6 Å². The maximum Gasteiger partial charge on any atom is 0.130 e. The summed E-state index contributed by atoms with van der Waals surface area (Å²) in [6, 6.07) is 4.88. The molecule has 4 nitrogen and oxygen atoms in total. The lowest BCUT2D eigenvalue weighted by molar-refractivity contribution is 0.616. The summed E-state index contributed by atoms with van der Waals surface area (Å²) in [6.45, 7) is 2.18. The van der Waals surface area contributed by atoms with Crippen molar-refractivity contribution in [2.24, 2.45) is 0 Å². The van der Waals surface area contributed by atoms with Gasteiger partial charge >= 0.3 is 0 Å². The average Bonchev–Trinajstić information content (AvgIpc) is 2.96. The van der Waals surface area contributed by atoms with Crippen molar-refractivity contribution in [1.29, 1.82) is 0 Å². The number of anilines is 2. The summed E-state index contributed by atoms with van der Waals surface area (Å²) in [5.41, 5.74) is 1.18. The van der Waals surface area contributed by atoms with Crippen molar-refractivity contribution in [3.63, 3.8) is 0 Å². The second kappa shape index (κ2) is 4.14. The first kappa shape index (κ1) is 10.2. The van der Waals surface area contributed by atoms with Crippen LogP contribution in [0.25, 0.3) is 0 Å². The Morgan fingerprint density at radius 3 is 3.31 bits per heavy atom. The van der Waals surface area contributed by atoms with E-state index in [0.717, 1.165) is 29.8 Å². The lowest BCUT2D eigenvalue weighted by atomic mass is 10.3. The first-order valence-electron chi connectivity index (χ1n) is 5.67. The number of hydrogen-bond donors (Lipinski definition) is 2. The van der Waals surface area contributed by atoms with Gasteiger partial charge in [0.15, 0.2) is 0 Å². The number of likely N-dealkylation sites (N-methyl/N-ethyl adjacent to an activating group) is 1. The smallest absolute Gasteiger partial charge is 0.130 e. The number of nitrogens with one attached hydrogen (secondary N) is 2. The van der Waals surface area contributed by atoms with Gasteiger partial charge in [0, 0.05) is 19.1 Å². The Kier molecular flexibility index (Phi) is 2.65. The Labute approximate surface area is 99.8 Å². The zero-order chi connectivity index (χ0) is 11.0. The van der Waals surface area contributed by atoms with Gasteiger partial charge in [-0.3, -0.25) is 0 Å². The summed E-state index contributed by atoms with van der Waals surface area (Å²) < 4.78 is 0. The van der Waals surface area contributed by atoms with Crippen LogP contribution in [0.5, 0.6) is 0 Å². The van der Waals surface area contributed by atoms with Crippen LogP contribution in [0.2, 0.25) is 0 Å². The third kappa shape index (κ3) is 1.74. The highest BCUT2D eigenvalue weighted by Crippen LogP contribution is 2.33. The van der Waals surface area contributed by atoms with Crippen molar-refractivity contribution >= 4 is 23.3 Å². The van der Waals surface area contributed by atoms with E-state index < -0.39 is 0 Å². The number of pyridine rings is 1. The highest BCUT2D eigenvalue weighted by atomic mass is 32.2. The van der Waals surface area contributed by atoms with Gasteiger partial charge < -0.3 is 15.5 Å². The molecule has 0 unspecified atom stereocenters. The van der Waals surface area contributed by atoms with Gasteiger partial charge in [-0.1, -0.05) is 11.8 Å². The highest BCUT2D eigenvalue weighted by Gasteiger charge is 2.23. The third-order valence-corrected chi connectivity index (χ3v) is 4.11. The van der Waals surface area contributed by atoms with Crippen molar-refractivity contribution in [3.05, 3.63) is 12.1 Å². The van der Waals surface area contributed by atoms with Crippen LogP contribution in [0.15, 0.2) is 17.2 Å². The van der Waals surface area contributed by atoms with Gasteiger partial charge in [-0.15, -0.1) is 0 Å². The lowest BCUT2D eigenvalue weighted by Crippen LogP contribution is -2.29. The number of rotatable bonds is 2. The topological polar surface area (TPSA) is 40.2 Å². The maximum absolute atomic E-state index is 4.70. The molecule has 16 heavy (non-hydrogen) atoms. The summed E-state index contributed by atoms with van der Waals surface area (Å²) in [5.74, 6) is 2.07. The fraction of sp³-hybridized carbons (Fsp3) is 0.545. The van der Waals surface area contributed by atoms with E-state index in [-0.39, 0.29) is 0 Å². The molecular weight excluding hydrogens is 220 g/mol. The molecule has 1 aromatic rings. The largest absolute Gasteiger partial charge is 0.373 e. The average molecular weight is 236 g/mol. The number of nitrogens with zero attached hydrogens (tertiary/aromatic N) is 2. The van der Waals surface area contributed by atoms with Crippen LogP contribution in [-0.4, -0.2) is 37.0 Å². The Morgan fingerprint density at radius 2 is 2.50 bits per heavy atom. The van der Waals surface area contributed by atoms with E-state index in [2.05, 4.69) is 27.7 Å². The lowest BCUT2D eigenvalue weighted by Gasteiger charge is -2.17. The molecule has 1 aromatic heterocycles. The number of fused-ring (bicyclic) bond motifs is 1. The quantitative estimate of drug-likeness (QED) is 0.811. The monoisotopic (exact) mass is 236 g/mol. The standard InChI is InChI=1S/C11H16N4S/c1-12-8-4-5-15(6-8)10-3-2-9-11(14-10)16-7-13-9/h2-3,8,12-13H,4-7H2,1H3/t8-/m0/s1. The van der Waals surface area contributed by atoms with Gasteiger partial charge in [-0.2, -0.15) is 0 Å². The first-order valence-corrected chi connectivity index (χ1v) is 6.65. The van der Waals surface area contributed by atoms with E-state index in [1.165, 1.54) is 12.1 Å². The maximum atomic E-state index is 4.70. The molecule has 0 aromatic carbocycles. The van der Waals surface area contributed by atoms with Crippen molar-refractivity contribution in [3.8, 4) is 0 Å². The van der Waals surface area contributed by atoms with Crippen LogP contribution in [-0.2, 0) is 0 Å². The van der Waals surface area contributed by atoms with E-state index >= 15 is 0 Å². The molecule has 1 saturated heterocycles. The van der Waals surface area contributed by atoms with Crippen molar-refractivity contribution in [1.82, 2.24) is 10.3 Å². The molecular formula is C11H16N4S. The summed E-state index contributed by atoms with van der Waals surface area (Å²) >= 11 is 1.78. The highest BCUT2D eigenvalue weighted by molar-refractivity contribution is 7.99. The minimum Gasteiger partial charge on any atom is -0.373 e. The Morgan fingerprint density at radius 1 is 1.56 bits per heavy atom. The summed E-state index contributed by atoms with van der Waals surface area (Å²) in [7, 11) is 2.03. The first-order chi connectivity index (χ1) is 7.86. The molecule has 5 heteroatoms.